The van der Waals surface area contributed by atoms with Gasteiger partial charge in [0.15, 0.2) is 9.84 Å². The molecule has 0 radical (unpaired) electrons. The van der Waals surface area contributed by atoms with Gasteiger partial charge in [-0.15, -0.1) is 0 Å². The van der Waals surface area contributed by atoms with Crippen molar-refractivity contribution in [3.8, 4) is 0 Å². The van der Waals surface area contributed by atoms with E-state index in [9.17, 15) is 21.6 Å². The molecule has 1 saturated carbocycles. The third kappa shape index (κ3) is 4.20. The first-order chi connectivity index (χ1) is 9.68. The number of nitrogens with one attached hydrogen (secondary N) is 1. The fraction of sp³-hybridized carbons (Fsp3) is 0.571. The van der Waals surface area contributed by atoms with Crippen molar-refractivity contribution in [3.63, 3.8) is 0 Å². The second kappa shape index (κ2) is 5.96. The van der Waals surface area contributed by atoms with Gasteiger partial charge in [-0.3, -0.25) is 0 Å². The zero-order valence-electron chi connectivity index (χ0n) is 11.7. The molecule has 1 aromatic rings. The van der Waals surface area contributed by atoms with Crippen LogP contribution < -0.4 is 5.32 Å². The normalized spacial score (nSPS) is 23.4. The van der Waals surface area contributed by atoms with Gasteiger partial charge in [-0.05, 0) is 24.5 Å². The van der Waals surface area contributed by atoms with Crippen LogP contribution in [0.5, 0.6) is 0 Å². The summed E-state index contributed by atoms with van der Waals surface area (Å²) in [5.74, 6) is 0. The van der Waals surface area contributed by atoms with E-state index in [1.54, 1.807) is 6.07 Å². The highest BCUT2D eigenvalue weighted by molar-refractivity contribution is 7.91. The van der Waals surface area contributed by atoms with Crippen LogP contribution in [-0.2, 0) is 22.6 Å². The minimum Gasteiger partial charge on any atom is -0.309 e. The third-order valence-corrected chi connectivity index (χ3v) is 5.49. The molecule has 0 spiro atoms. The molecular weight excluding hydrogens is 303 g/mol. The summed E-state index contributed by atoms with van der Waals surface area (Å²) in [5.41, 5.74) is -0.183. The van der Waals surface area contributed by atoms with Crippen LogP contribution in [0, 0.1) is 0 Å². The molecule has 0 aliphatic heterocycles. The second-order valence-electron chi connectivity index (χ2n) is 5.48. The number of benzene rings is 1. The summed E-state index contributed by atoms with van der Waals surface area (Å²) in [6.45, 7) is 0.237. The van der Waals surface area contributed by atoms with Crippen molar-refractivity contribution in [1.29, 1.82) is 0 Å². The van der Waals surface area contributed by atoms with Crippen LogP contribution >= 0.6 is 0 Å². The Kier molecular flexibility index (Phi) is 4.63. The molecule has 1 aliphatic carbocycles. The lowest BCUT2D eigenvalue weighted by Crippen LogP contribution is -2.39. The first-order valence-corrected chi connectivity index (χ1v) is 8.72. The Morgan fingerprint density at radius 2 is 2.00 bits per heavy atom. The van der Waals surface area contributed by atoms with E-state index in [2.05, 4.69) is 5.32 Å². The lowest BCUT2D eigenvalue weighted by atomic mass is 10.1. The van der Waals surface area contributed by atoms with Gasteiger partial charge in [0.1, 0.15) is 0 Å². The number of hydrogen-bond donors (Lipinski definition) is 1. The van der Waals surface area contributed by atoms with Crippen molar-refractivity contribution in [3.05, 3.63) is 35.4 Å². The van der Waals surface area contributed by atoms with Crippen LogP contribution in [0.15, 0.2) is 24.3 Å². The van der Waals surface area contributed by atoms with Crippen LogP contribution in [-0.4, -0.2) is 26.0 Å². The Labute approximate surface area is 122 Å². The summed E-state index contributed by atoms with van der Waals surface area (Å²) in [7, 11) is -3.13. The van der Waals surface area contributed by atoms with E-state index >= 15 is 0 Å². The Morgan fingerprint density at radius 3 is 2.62 bits per heavy atom. The lowest BCUT2D eigenvalue weighted by molar-refractivity contribution is -0.137. The van der Waals surface area contributed by atoms with Gasteiger partial charge in [-0.25, -0.2) is 8.42 Å². The molecule has 0 bridgehead atoms. The van der Waals surface area contributed by atoms with Crippen LogP contribution in [0.2, 0.25) is 0 Å². The van der Waals surface area contributed by atoms with E-state index in [0.29, 0.717) is 12.0 Å². The van der Waals surface area contributed by atoms with Gasteiger partial charge >= 0.3 is 6.18 Å². The van der Waals surface area contributed by atoms with Crippen molar-refractivity contribution in [1.82, 2.24) is 5.32 Å². The van der Waals surface area contributed by atoms with Gasteiger partial charge in [0.2, 0.25) is 0 Å². The molecule has 118 valence electrons. The lowest BCUT2D eigenvalue weighted by Gasteiger charge is -2.20. The predicted octanol–water partition coefficient (Wildman–Crippen LogP) is 2.76. The summed E-state index contributed by atoms with van der Waals surface area (Å²) in [6, 6.07) is 4.90. The maximum atomic E-state index is 12.6. The molecule has 0 aromatic heterocycles. The molecule has 3 nitrogen and oxygen atoms in total. The van der Waals surface area contributed by atoms with Crippen molar-refractivity contribution < 1.29 is 21.6 Å². The molecule has 7 heteroatoms. The Balaban J connectivity index is 2.03. The zero-order chi connectivity index (χ0) is 15.7. The first kappa shape index (κ1) is 16.3. The van der Waals surface area contributed by atoms with E-state index < -0.39 is 26.8 Å². The summed E-state index contributed by atoms with van der Waals surface area (Å²) in [6.07, 6.45) is -0.992. The molecule has 1 N–H and O–H groups in total. The van der Waals surface area contributed by atoms with Crippen molar-refractivity contribution in [2.75, 3.05) is 6.26 Å². The largest absolute Gasteiger partial charge is 0.416 e. The number of hydrogen-bond acceptors (Lipinski definition) is 3. The SMILES string of the molecule is CS(=O)(=O)C1CCCC1NCc1cccc(C(F)(F)F)c1. The van der Waals surface area contributed by atoms with E-state index in [1.807, 2.05) is 0 Å². The van der Waals surface area contributed by atoms with E-state index in [1.165, 1.54) is 12.3 Å². The van der Waals surface area contributed by atoms with E-state index in [4.69, 9.17) is 0 Å². The van der Waals surface area contributed by atoms with Gasteiger partial charge in [0.25, 0.3) is 0 Å². The molecule has 1 aliphatic rings. The fourth-order valence-corrected chi connectivity index (χ4v) is 4.20. The van der Waals surface area contributed by atoms with Gasteiger partial charge in [0.05, 0.1) is 10.8 Å². The fourth-order valence-electron chi connectivity index (χ4n) is 2.78. The van der Waals surface area contributed by atoms with E-state index in [0.717, 1.165) is 25.0 Å². The van der Waals surface area contributed by atoms with Gasteiger partial charge in [-0.2, -0.15) is 13.2 Å². The van der Waals surface area contributed by atoms with Gasteiger partial charge in [0, 0.05) is 18.8 Å². The van der Waals surface area contributed by atoms with Crippen LogP contribution in [0.3, 0.4) is 0 Å². The molecule has 2 unspecified atom stereocenters. The highest BCUT2D eigenvalue weighted by atomic mass is 32.2. The Hall–Kier alpha value is -1.08. The standard InChI is InChI=1S/C14H18F3NO2S/c1-21(19,20)13-7-3-6-12(13)18-9-10-4-2-5-11(8-10)14(15,16)17/h2,4-5,8,12-13,18H,3,6-7,9H2,1H3. The molecule has 0 saturated heterocycles. The summed E-state index contributed by atoms with van der Waals surface area (Å²) < 4.78 is 61.2. The minimum atomic E-state index is -4.36. The minimum absolute atomic E-state index is 0.186. The van der Waals surface area contributed by atoms with E-state index in [-0.39, 0.29) is 12.6 Å². The van der Waals surface area contributed by atoms with Crippen LogP contribution in [0.4, 0.5) is 13.2 Å². The second-order valence-corrected chi connectivity index (χ2v) is 7.75. The zero-order valence-corrected chi connectivity index (χ0v) is 12.5. The molecule has 0 amide bonds. The number of rotatable bonds is 4. The van der Waals surface area contributed by atoms with Gasteiger partial charge < -0.3 is 5.32 Å². The average Bonchev–Trinajstić information content (AvgIpc) is 2.84. The first-order valence-electron chi connectivity index (χ1n) is 6.76. The third-order valence-electron chi connectivity index (χ3n) is 3.83. The Morgan fingerprint density at radius 1 is 1.29 bits per heavy atom. The summed E-state index contributed by atoms with van der Waals surface area (Å²) >= 11 is 0. The monoisotopic (exact) mass is 321 g/mol. The van der Waals surface area contributed by atoms with Gasteiger partial charge in [-0.1, -0.05) is 24.6 Å². The highest BCUT2D eigenvalue weighted by Crippen LogP contribution is 2.30. The highest BCUT2D eigenvalue weighted by Gasteiger charge is 2.34. The van der Waals surface area contributed by atoms with Crippen LogP contribution in [0.1, 0.15) is 30.4 Å². The average molecular weight is 321 g/mol. The number of alkyl halides is 3. The smallest absolute Gasteiger partial charge is 0.309 e. The maximum Gasteiger partial charge on any atom is 0.416 e. The van der Waals surface area contributed by atoms with Crippen molar-refractivity contribution in [2.24, 2.45) is 0 Å². The molecular formula is C14H18F3NO2S. The number of sulfone groups is 1. The van der Waals surface area contributed by atoms with Crippen molar-refractivity contribution >= 4 is 9.84 Å². The molecule has 1 aromatic carbocycles. The Bertz CT molecular complexity index is 598. The molecule has 2 atom stereocenters. The number of halogens is 3. The topological polar surface area (TPSA) is 46.2 Å². The molecule has 1 fully saturated rings. The quantitative estimate of drug-likeness (QED) is 0.927. The van der Waals surface area contributed by atoms with Crippen LogP contribution in [0.25, 0.3) is 0 Å². The molecule has 21 heavy (non-hydrogen) atoms. The summed E-state index contributed by atoms with van der Waals surface area (Å²) in [4.78, 5) is 0. The van der Waals surface area contributed by atoms with Crippen molar-refractivity contribution in [2.45, 2.75) is 43.3 Å². The molecule has 2 rings (SSSR count). The maximum absolute atomic E-state index is 12.6. The predicted molar refractivity (Wildman–Crippen MR) is 74.6 cm³/mol. The molecule has 0 heterocycles. The summed E-state index contributed by atoms with van der Waals surface area (Å²) in [5, 5.41) is 2.65.